The highest BCUT2D eigenvalue weighted by Crippen LogP contribution is 2.13. The molecule has 0 radical (unpaired) electrons. The number of carbonyl (C=O) groups is 3. The lowest BCUT2D eigenvalue weighted by Crippen LogP contribution is -2.30. The normalized spacial score (nSPS) is 13.4. The minimum absolute atomic E-state index is 0.103. The van der Waals surface area contributed by atoms with E-state index in [2.05, 4.69) is 215 Å². The summed E-state index contributed by atoms with van der Waals surface area (Å²) in [6.07, 6.45) is 105. The molecule has 1 atom stereocenters. The quantitative estimate of drug-likeness (QED) is 0.0261. The van der Waals surface area contributed by atoms with Crippen molar-refractivity contribution in [3.63, 3.8) is 0 Å². The highest BCUT2D eigenvalue weighted by Gasteiger charge is 2.19. The summed E-state index contributed by atoms with van der Waals surface area (Å²) >= 11 is 0. The Kier molecular flexibility index (Phi) is 64.0. The molecule has 0 N–H and O–H groups in total. The van der Waals surface area contributed by atoms with Gasteiger partial charge in [0.25, 0.3) is 0 Å². The first-order valence-corrected chi connectivity index (χ1v) is 32.9. The summed E-state index contributed by atoms with van der Waals surface area (Å²) in [5.41, 5.74) is 0. The summed E-state index contributed by atoms with van der Waals surface area (Å²) in [6.45, 7) is 6.27. The van der Waals surface area contributed by atoms with Crippen LogP contribution in [0.3, 0.4) is 0 Å². The molecule has 0 saturated carbocycles. The molecule has 0 aliphatic heterocycles. The maximum absolute atomic E-state index is 12.8. The fourth-order valence-corrected chi connectivity index (χ4v) is 8.24. The van der Waals surface area contributed by atoms with Crippen LogP contribution in [0, 0.1) is 0 Å². The number of rotatable bonds is 57. The van der Waals surface area contributed by atoms with E-state index in [1.807, 2.05) is 0 Å². The van der Waals surface area contributed by atoms with E-state index < -0.39 is 6.10 Å². The van der Waals surface area contributed by atoms with E-state index in [0.29, 0.717) is 19.3 Å². The molecule has 462 valence electrons. The van der Waals surface area contributed by atoms with Crippen molar-refractivity contribution in [1.29, 1.82) is 0 Å². The van der Waals surface area contributed by atoms with Crippen LogP contribution in [-0.4, -0.2) is 37.2 Å². The van der Waals surface area contributed by atoms with E-state index in [9.17, 15) is 14.4 Å². The van der Waals surface area contributed by atoms with E-state index in [0.717, 1.165) is 193 Å². The summed E-state index contributed by atoms with van der Waals surface area (Å²) in [4.78, 5) is 38.0. The third-order valence-corrected chi connectivity index (χ3v) is 13.1. The van der Waals surface area contributed by atoms with E-state index in [-0.39, 0.29) is 31.1 Å². The number of allylic oxidation sites excluding steroid dienone is 32. The van der Waals surface area contributed by atoms with Crippen molar-refractivity contribution in [2.45, 2.75) is 258 Å². The maximum atomic E-state index is 12.8. The van der Waals surface area contributed by atoms with Crippen molar-refractivity contribution in [2.24, 2.45) is 0 Å². The summed E-state index contributed by atoms with van der Waals surface area (Å²) in [5.74, 6) is -0.973. The summed E-state index contributed by atoms with van der Waals surface area (Å²) < 4.78 is 16.7. The average Bonchev–Trinajstić information content (AvgIpc) is 3.49. The van der Waals surface area contributed by atoms with E-state index in [1.165, 1.54) is 19.3 Å². The molecule has 0 aromatic carbocycles. The zero-order valence-corrected chi connectivity index (χ0v) is 52.9. The second kappa shape index (κ2) is 68.7. The van der Waals surface area contributed by atoms with Gasteiger partial charge in [-0.3, -0.25) is 14.4 Å². The second-order valence-electron chi connectivity index (χ2n) is 20.9. The monoisotopic (exact) mass is 1140 g/mol. The van der Waals surface area contributed by atoms with E-state index in [1.54, 1.807) is 0 Å². The largest absolute Gasteiger partial charge is 0.462 e. The van der Waals surface area contributed by atoms with Gasteiger partial charge in [0.15, 0.2) is 6.10 Å². The van der Waals surface area contributed by atoms with E-state index in [4.69, 9.17) is 14.2 Å². The fourth-order valence-electron chi connectivity index (χ4n) is 8.24. The summed E-state index contributed by atoms with van der Waals surface area (Å²) in [6, 6.07) is 0. The number of hydrogen-bond acceptors (Lipinski definition) is 6. The van der Waals surface area contributed by atoms with Crippen LogP contribution in [0.5, 0.6) is 0 Å². The van der Waals surface area contributed by atoms with Crippen LogP contribution in [0.25, 0.3) is 0 Å². The maximum Gasteiger partial charge on any atom is 0.306 e. The highest BCUT2D eigenvalue weighted by atomic mass is 16.6. The molecule has 1 unspecified atom stereocenters. The van der Waals surface area contributed by atoms with E-state index >= 15 is 0 Å². The molecule has 0 heterocycles. The Hall–Kier alpha value is -5.75. The molecule has 6 nitrogen and oxygen atoms in total. The van der Waals surface area contributed by atoms with Crippen molar-refractivity contribution in [3.05, 3.63) is 194 Å². The number of unbranched alkanes of at least 4 members (excludes halogenated alkanes) is 14. The Morgan fingerprint density at radius 3 is 0.747 bits per heavy atom. The predicted molar refractivity (Wildman–Crippen MR) is 361 cm³/mol. The van der Waals surface area contributed by atoms with Gasteiger partial charge in [0.1, 0.15) is 13.2 Å². The Balaban J connectivity index is 4.21. The van der Waals surface area contributed by atoms with Gasteiger partial charge in [0.2, 0.25) is 0 Å². The number of ether oxygens (including phenoxy) is 3. The summed E-state index contributed by atoms with van der Waals surface area (Å²) in [5, 5.41) is 0. The Bertz CT molecular complexity index is 1990. The first-order valence-electron chi connectivity index (χ1n) is 32.9. The first-order chi connectivity index (χ1) is 41.0. The minimum Gasteiger partial charge on any atom is -0.462 e. The Morgan fingerprint density at radius 2 is 0.470 bits per heavy atom. The number of carbonyl (C=O) groups excluding carboxylic acids is 3. The van der Waals surface area contributed by atoms with Gasteiger partial charge in [0.05, 0.1) is 0 Å². The molecule has 0 amide bonds. The van der Waals surface area contributed by atoms with Crippen LogP contribution in [0.1, 0.15) is 252 Å². The second-order valence-corrected chi connectivity index (χ2v) is 20.9. The van der Waals surface area contributed by atoms with Gasteiger partial charge < -0.3 is 14.2 Å². The van der Waals surface area contributed by atoms with Crippen LogP contribution < -0.4 is 0 Å². The van der Waals surface area contributed by atoms with Crippen molar-refractivity contribution in [2.75, 3.05) is 13.2 Å². The summed E-state index contributed by atoms with van der Waals surface area (Å²) in [7, 11) is 0. The third kappa shape index (κ3) is 66.9. The lowest BCUT2D eigenvalue weighted by Gasteiger charge is -2.18. The molecule has 0 fully saturated rings. The lowest BCUT2D eigenvalue weighted by molar-refractivity contribution is -0.167. The van der Waals surface area contributed by atoms with Crippen LogP contribution in [-0.2, 0) is 28.6 Å². The number of hydrogen-bond donors (Lipinski definition) is 0. The first kappa shape index (κ1) is 77.2. The standard InChI is InChI=1S/C77H118O6/c1-4-7-10-13-15-17-19-21-23-25-27-29-31-33-35-37-38-40-41-43-45-47-49-51-53-55-57-59-61-64-67-70-76(79)82-73-74(72-81-75(78)69-66-63-12-9-6-3)83-77(80)71-68-65-62-60-58-56-54-52-50-48-46-44-42-39-36-34-32-30-28-26-24-22-20-18-16-14-11-8-5-2/h7-8,10-11,15-18,21-24,27-30,33-36,38,40,42-45,48-51,55,57,74H,4-6,9,12-14,19-20,25-26,31-32,37,39,41,46-47,52-54,56,58-73H2,1-3H3/b10-7-,11-8-,17-15-,18-16-,23-21-,24-22-,29-27-,30-28-,35-33-,36-34-,40-38-,44-42-,45-43-,50-48-,51-49-,57-55-. The zero-order valence-electron chi connectivity index (χ0n) is 52.9. The highest BCUT2D eigenvalue weighted by molar-refractivity contribution is 5.71. The smallest absolute Gasteiger partial charge is 0.306 e. The van der Waals surface area contributed by atoms with Crippen LogP contribution >= 0.6 is 0 Å². The van der Waals surface area contributed by atoms with Crippen molar-refractivity contribution in [1.82, 2.24) is 0 Å². The molecular formula is C77H118O6. The Morgan fingerprint density at radius 1 is 0.253 bits per heavy atom. The van der Waals surface area contributed by atoms with Gasteiger partial charge in [0, 0.05) is 19.3 Å². The molecule has 0 spiro atoms. The molecule has 0 aromatic heterocycles. The molecule has 0 aliphatic carbocycles. The van der Waals surface area contributed by atoms with Gasteiger partial charge in [-0.2, -0.15) is 0 Å². The molecule has 83 heavy (non-hydrogen) atoms. The molecule has 0 aromatic rings. The minimum atomic E-state index is -0.807. The molecule has 0 rings (SSSR count). The van der Waals surface area contributed by atoms with Gasteiger partial charge in [-0.1, -0.05) is 279 Å². The molecular weight excluding hydrogens is 1020 g/mol. The molecule has 6 heteroatoms. The zero-order chi connectivity index (χ0) is 59.9. The average molecular weight is 1140 g/mol. The van der Waals surface area contributed by atoms with Crippen LogP contribution in [0.4, 0.5) is 0 Å². The van der Waals surface area contributed by atoms with Crippen molar-refractivity contribution < 1.29 is 28.6 Å². The van der Waals surface area contributed by atoms with Gasteiger partial charge in [-0.25, -0.2) is 0 Å². The van der Waals surface area contributed by atoms with Crippen LogP contribution in [0.15, 0.2) is 194 Å². The van der Waals surface area contributed by atoms with Crippen LogP contribution in [0.2, 0.25) is 0 Å². The fraction of sp³-hybridized carbons (Fsp3) is 0.545. The van der Waals surface area contributed by atoms with Crippen molar-refractivity contribution in [3.8, 4) is 0 Å². The van der Waals surface area contributed by atoms with Crippen molar-refractivity contribution >= 4 is 17.9 Å². The molecule has 0 saturated heterocycles. The Labute approximate surface area is 509 Å². The SMILES string of the molecule is CC/C=C\C/C=C\C/C=C\C/C=C\C/C=C\C/C=C\C/C=C\C/C=C\C/C=C\CCCCCC(=O)OCC(COC(=O)CCCCCCC)OC(=O)CCCCCCCCC/C=C\C/C=C\C/C=C\C/C=C\C/C=C\C/C=C\C/C=C\CC. The van der Waals surface area contributed by atoms with Gasteiger partial charge in [-0.05, 0) is 148 Å². The predicted octanol–water partition coefficient (Wildman–Crippen LogP) is 23.0. The topological polar surface area (TPSA) is 78.9 Å². The molecule has 0 bridgehead atoms. The lowest BCUT2D eigenvalue weighted by atomic mass is 10.1. The van der Waals surface area contributed by atoms with Gasteiger partial charge in [-0.15, -0.1) is 0 Å². The van der Waals surface area contributed by atoms with Gasteiger partial charge >= 0.3 is 17.9 Å². The molecule has 0 aliphatic rings. The number of esters is 3. The third-order valence-electron chi connectivity index (χ3n) is 13.1.